The Kier molecular flexibility index (Phi) is 5.78. The van der Waals surface area contributed by atoms with Gasteiger partial charge in [-0.2, -0.15) is 0 Å². The molecule has 104 valence electrons. The number of esters is 1. The van der Waals surface area contributed by atoms with Gasteiger partial charge in [-0.3, -0.25) is 4.98 Å². The van der Waals surface area contributed by atoms with E-state index in [2.05, 4.69) is 15.0 Å². The molecule has 0 fully saturated rings. The molecule has 1 aromatic rings. The first-order valence-corrected chi connectivity index (χ1v) is 5.94. The number of ether oxygens (including phenoxy) is 2. The van der Waals surface area contributed by atoms with Crippen LogP contribution in [0.5, 0.6) is 0 Å². The van der Waals surface area contributed by atoms with Crippen molar-refractivity contribution in [2.45, 2.75) is 26.5 Å². The van der Waals surface area contributed by atoms with Gasteiger partial charge >= 0.3 is 12.1 Å². The van der Waals surface area contributed by atoms with Gasteiger partial charge in [0.05, 0.1) is 7.11 Å². The quantitative estimate of drug-likeness (QED) is 0.817. The molecule has 0 aliphatic rings. The van der Waals surface area contributed by atoms with Gasteiger partial charge in [0.25, 0.3) is 0 Å². The van der Waals surface area contributed by atoms with Crippen molar-refractivity contribution in [3.63, 3.8) is 0 Å². The number of amides is 1. The summed E-state index contributed by atoms with van der Waals surface area (Å²) in [6, 6.07) is 2.83. The lowest BCUT2D eigenvalue weighted by Gasteiger charge is -2.19. The van der Waals surface area contributed by atoms with Gasteiger partial charge in [0, 0.05) is 18.0 Å². The average molecular weight is 266 g/mol. The molecule has 0 unspecified atom stereocenters. The van der Waals surface area contributed by atoms with Crippen LogP contribution in [0.2, 0.25) is 0 Å². The average Bonchev–Trinajstić information content (AvgIpc) is 2.42. The fraction of sp³-hybridized carbons (Fsp3) is 0.462. The zero-order chi connectivity index (χ0) is 14.3. The standard InChI is InChI=1S/C13H18N2O4/c1-9(2)11(12(16)18-3)15-13(17)19-8-10-5-4-6-14-7-10/h4-7,9,11H,8H2,1-3H3,(H,15,17)/t11-/m0/s1. The molecule has 0 aliphatic carbocycles. The van der Waals surface area contributed by atoms with E-state index in [1.807, 2.05) is 13.8 Å². The van der Waals surface area contributed by atoms with Crippen LogP contribution in [0.25, 0.3) is 0 Å². The number of alkyl carbamates (subject to hydrolysis) is 1. The second-order valence-electron chi connectivity index (χ2n) is 4.33. The van der Waals surface area contributed by atoms with Crippen LogP contribution < -0.4 is 5.32 Å². The molecular formula is C13H18N2O4. The van der Waals surface area contributed by atoms with Crippen LogP contribution in [0.1, 0.15) is 19.4 Å². The number of nitrogens with zero attached hydrogens (tertiary/aromatic N) is 1. The molecule has 1 heterocycles. The molecule has 1 atom stereocenters. The van der Waals surface area contributed by atoms with Gasteiger partial charge in [-0.05, 0) is 12.0 Å². The predicted molar refractivity (Wildman–Crippen MR) is 68.2 cm³/mol. The van der Waals surface area contributed by atoms with Gasteiger partial charge in [-0.25, -0.2) is 9.59 Å². The Morgan fingerprint density at radius 2 is 2.16 bits per heavy atom. The summed E-state index contributed by atoms with van der Waals surface area (Å²) < 4.78 is 9.62. The van der Waals surface area contributed by atoms with Crippen LogP contribution in [-0.2, 0) is 20.9 Å². The molecule has 0 radical (unpaired) electrons. The fourth-order valence-corrected chi connectivity index (χ4v) is 1.43. The van der Waals surface area contributed by atoms with Crippen LogP contribution in [-0.4, -0.2) is 30.2 Å². The summed E-state index contributed by atoms with van der Waals surface area (Å²) in [6.07, 6.45) is 2.58. The van der Waals surface area contributed by atoms with E-state index in [1.54, 1.807) is 24.5 Å². The minimum Gasteiger partial charge on any atom is -0.467 e. The third-order valence-electron chi connectivity index (χ3n) is 2.49. The number of rotatable bonds is 5. The smallest absolute Gasteiger partial charge is 0.408 e. The first-order valence-electron chi connectivity index (χ1n) is 5.94. The summed E-state index contributed by atoms with van der Waals surface area (Å²) in [5.74, 6) is -0.577. The van der Waals surface area contributed by atoms with Crippen molar-refractivity contribution in [2.24, 2.45) is 5.92 Å². The minimum atomic E-state index is -0.716. The first kappa shape index (κ1) is 14.9. The lowest BCUT2D eigenvalue weighted by Crippen LogP contribution is -2.45. The number of carbonyl (C=O) groups is 2. The van der Waals surface area contributed by atoms with Crippen molar-refractivity contribution in [3.8, 4) is 0 Å². The zero-order valence-corrected chi connectivity index (χ0v) is 11.3. The highest BCUT2D eigenvalue weighted by atomic mass is 16.6. The maximum absolute atomic E-state index is 11.6. The lowest BCUT2D eigenvalue weighted by molar-refractivity contribution is -0.144. The lowest BCUT2D eigenvalue weighted by atomic mass is 10.1. The summed E-state index contributed by atoms with van der Waals surface area (Å²) in [6.45, 7) is 3.72. The molecule has 19 heavy (non-hydrogen) atoms. The molecule has 6 heteroatoms. The van der Waals surface area contributed by atoms with E-state index < -0.39 is 18.1 Å². The Morgan fingerprint density at radius 1 is 1.42 bits per heavy atom. The van der Waals surface area contributed by atoms with Crippen molar-refractivity contribution >= 4 is 12.1 Å². The van der Waals surface area contributed by atoms with Crippen molar-refractivity contribution in [1.29, 1.82) is 0 Å². The second kappa shape index (κ2) is 7.35. The Morgan fingerprint density at radius 3 is 2.68 bits per heavy atom. The highest BCUT2D eigenvalue weighted by Crippen LogP contribution is 2.05. The van der Waals surface area contributed by atoms with Crippen molar-refractivity contribution in [3.05, 3.63) is 30.1 Å². The second-order valence-corrected chi connectivity index (χ2v) is 4.33. The molecule has 6 nitrogen and oxygen atoms in total. The number of pyridine rings is 1. The van der Waals surface area contributed by atoms with E-state index in [1.165, 1.54) is 7.11 Å². The molecule has 0 aliphatic heterocycles. The van der Waals surface area contributed by atoms with Gasteiger partial charge in [-0.1, -0.05) is 19.9 Å². The molecular weight excluding hydrogens is 248 g/mol. The topological polar surface area (TPSA) is 77.5 Å². The number of aromatic nitrogens is 1. The third kappa shape index (κ3) is 4.95. The SMILES string of the molecule is COC(=O)[C@@H](NC(=O)OCc1cccnc1)C(C)C. The van der Waals surface area contributed by atoms with Gasteiger partial charge < -0.3 is 14.8 Å². The molecule has 0 aromatic carbocycles. The number of methoxy groups -OCH3 is 1. The van der Waals surface area contributed by atoms with E-state index in [0.29, 0.717) is 0 Å². The van der Waals surface area contributed by atoms with Gasteiger partial charge in [0.2, 0.25) is 0 Å². The van der Waals surface area contributed by atoms with E-state index in [9.17, 15) is 9.59 Å². The van der Waals surface area contributed by atoms with Crippen molar-refractivity contribution < 1.29 is 19.1 Å². The first-order chi connectivity index (χ1) is 9.04. The molecule has 1 rings (SSSR count). The molecule has 0 spiro atoms. The van der Waals surface area contributed by atoms with Gasteiger partial charge in [0.15, 0.2) is 0 Å². The molecule has 0 bridgehead atoms. The van der Waals surface area contributed by atoms with Crippen molar-refractivity contribution in [1.82, 2.24) is 10.3 Å². The maximum Gasteiger partial charge on any atom is 0.408 e. The summed E-state index contributed by atoms with van der Waals surface area (Å²) in [5.41, 5.74) is 0.775. The third-order valence-corrected chi connectivity index (χ3v) is 2.49. The number of hydrogen-bond acceptors (Lipinski definition) is 5. The highest BCUT2D eigenvalue weighted by molar-refractivity contribution is 5.81. The Hall–Kier alpha value is -2.11. The van der Waals surface area contributed by atoms with E-state index in [4.69, 9.17) is 4.74 Å². The van der Waals surface area contributed by atoms with Crippen LogP contribution >= 0.6 is 0 Å². The molecule has 0 saturated carbocycles. The van der Waals surface area contributed by atoms with Gasteiger partial charge in [0.1, 0.15) is 12.6 Å². The van der Waals surface area contributed by atoms with Crippen LogP contribution in [0.4, 0.5) is 4.79 Å². The minimum absolute atomic E-state index is 0.0848. The summed E-state index contributed by atoms with van der Waals surface area (Å²) in [7, 11) is 1.28. The summed E-state index contributed by atoms with van der Waals surface area (Å²) >= 11 is 0. The summed E-state index contributed by atoms with van der Waals surface area (Å²) in [4.78, 5) is 27.0. The van der Waals surface area contributed by atoms with Crippen LogP contribution in [0.15, 0.2) is 24.5 Å². The zero-order valence-electron chi connectivity index (χ0n) is 11.3. The predicted octanol–water partition coefficient (Wildman–Crippen LogP) is 1.51. The normalized spacial score (nSPS) is 11.8. The molecule has 1 N–H and O–H groups in total. The van der Waals surface area contributed by atoms with E-state index in [-0.39, 0.29) is 12.5 Å². The Bertz CT molecular complexity index is 420. The number of carbonyl (C=O) groups excluding carboxylic acids is 2. The largest absolute Gasteiger partial charge is 0.467 e. The number of nitrogens with one attached hydrogen (secondary N) is 1. The summed E-state index contributed by atoms with van der Waals surface area (Å²) in [5, 5.41) is 2.48. The maximum atomic E-state index is 11.6. The molecule has 1 aromatic heterocycles. The highest BCUT2D eigenvalue weighted by Gasteiger charge is 2.25. The molecule has 1 amide bonds. The monoisotopic (exact) mass is 266 g/mol. The van der Waals surface area contributed by atoms with Crippen LogP contribution in [0, 0.1) is 5.92 Å². The number of hydrogen-bond donors (Lipinski definition) is 1. The molecule has 0 saturated heterocycles. The van der Waals surface area contributed by atoms with Crippen LogP contribution in [0.3, 0.4) is 0 Å². The van der Waals surface area contributed by atoms with E-state index in [0.717, 1.165) is 5.56 Å². The fourth-order valence-electron chi connectivity index (χ4n) is 1.43. The Labute approximate surface area is 112 Å². The van der Waals surface area contributed by atoms with Crippen molar-refractivity contribution in [2.75, 3.05) is 7.11 Å². The van der Waals surface area contributed by atoms with E-state index >= 15 is 0 Å². The van der Waals surface area contributed by atoms with Gasteiger partial charge in [-0.15, -0.1) is 0 Å². The Balaban J connectivity index is 2.47.